The van der Waals surface area contributed by atoms with E-state index in [1.165, 1.54) is 9.80 Å². The zero-order valence-corrected chi connectivity index (χ0v) is 12.9. The number of rotatable bonds is 5. The number of carbonyl (C=O) groups is 3. The van der Waals surface area contributed by atoms with Crippen LogP contribution in [-0.4, -0.2) is 65.7 Å². The summed E-state index contributed by atoms with van der Waals surface area (Å²) in [6.45, 7) is 4.16. The van der Waals surface area contributed by atoms with Crippen LogP contribution in [0.4, 0.5) is 4.79 Å². The van der Waals surface area contributed by atoms with Gasteiger partial charge in [-0.25, -0.2) is 9.59 Å². The molecule has 0 aromatic carbocycles. The molecule has 1 aliphatic rings. The molecule has 120 valence electrons. The third-order valence-corrected chi connectivity index (χ3v) is 3.60. The summed E-state index contributed by atoms with van der Waals surface area (Å²) in [6, 6.07) is -0.880. The quantitative estimate of drug-likeness (QED) is 0.770. The predicted molar refractivity (Wildman–Crippen MR) is 75.8 cm³/mol. The number of hydrogen-bond donors (Lipinski definition) is 1. The highest BCUT2D eigenvalue weighted by atomic mass is 16.5. The molecule has 2 atom stereocenters. The van der Waals surface area contributed by atoms with Gasteiger partial charge in [0.05, 0.1) is 12.5 Å². The number of carboxylic acids is 1. The summed E-state index contributed by atoms with van der Waals surface area (Å²) < 4.78 is 5.02. The van der Waals surface area contributed by atoms with Gasteiger partial charge in [0, 0.05) is 20.1 Å². The van der Waals surface area contributed by atoms with E-state index in [1.54, 1.807) is 20.9 Å². The van der Waals surface area contributed by atoms with E-state index in [-0.39, 0.29) is 25.2 Å². The Kier molecular flexibility index (Phi) is 6.45. The van der Waals surface area contributed by atoms with Gasteiger partial charge in [0.15, 0.2) is 0 Å². The van der Waals surface area contributed by atoms with E-state index in [0.29, 0.717) is 13.0 Å². The van der Waals surface area contributed by atoms with Crippen molar-refractivity contribution in [3.63, 3.8) is 0 Å². The van der Waals surface area contributed by atoms with Gasteiger partial charge in [-0.1, -0.05) is 6.92 Å². The molecule has 7 heteroatoms. The normalized spacial score (nSPS) is 19.8. The Balaban J connectivity index is 2.72. The van der Waals surface area contributed by atoms with Crippen molar-refractivity contribution in [1.82, 2.24) is 9.80 Å². The molecule has 1 rings (SSSR count). The Bertz CT molecular complexity index is 399. The summed E-state index contributed by atoms with van der Waals surface area (Å²) in [4.78, 5) is 38.1. The van der Waals surface area contributed by atoms with Crippen molar-refractivity contribution in [2.45, 2.75) is 39.2 Å². The average molecular weight is 300 g/mol. The molecule has 0 radical (unpaired) electrons. The van der Waals surface area contributed by atoms with Gasteiger partial charge in [-0.2, -0.15) is 0 Å². The molecule has 7 nitrogen and oxygen atoms in total. The van der Waals surface area contributed by atoms with Gasteiger partial charge >= 0.3 is 18.0 Å². The Morgan fingerprint density at radius 1 is 1.38 bits per heavy atom. The minimum atomic E-state index is -0.949. The van der Waals surface area contributed by atoms with Crippen LogP contribution in [0.15, 0.2) is 0 Å². The minimum absolute atomic E-state index is 0.111. The van der Waals surface area contributed by atoms with Crippen LogP contribution in [0.1, 0.15) is 33.1 Å². The summed E-state index contributed by atoms with van der Waals surface area (Å²) in [5.74, 6) is -1.98. The van der Waals surface area contributed by atoms with Crippen LogP contribution in [0, 0.1) is 5.92 Å². The van der Waals surface area contributed by atoms with E-state index in [1.807, 2.05) is 0 Å². The molecule has 1 aliphatic heterocycles. The van der Waals surface area contributed by atoms with E-state index < -0.39 is 17.9 Å². The molecule has 0 spiro atoms. The Morgan fingerprint density at radius 2 is 2.05 bits per heavy atom. The molecule has 21 heavy (non-hydrogen) atoms. The third kappa shape index (κ3) is 4.61. The number of likely N-dealkylation sites (tertiary alicyclic amines) is 1. The van der Waals surface area contributed by atoms with Gasteiger partial charge < -0.3 is 19.6 Å². The number of nitrogens with zero attached hydrogens (tertiary/aromatic N) is 2. The molecule has 0 bridgehead atoms. The summed E-state index contributed by atoms with van der Waals surface area (Å²) in [7, 11) is 1.55. The summed E-state index contributed by atoms with van der Waals surface area (Å²) in [5.41, 5.74) is 0. The molecule has 0 aromatic rings. The molecule has 1 fully saturated rings. The number of hydrogen-bond acceptors (Lipinski definition) is 4. The first-order chi connectivity index (χ1) is 9.88. The maximum atomic E-state index is 12.4. The number of urea groups is 1. The van der Waals surface area contributed by atoms with E-state index in [2.05, 4.69) is 0 Å². The standard InChI is InChI=1S/C14H24N2O5/c1-4-21-13(19)11-7-5-6-8-16(11)14(20)15(3)9-10(2)12(17)18/h10-11H,4-9H2,1-3H3,(H,17,18). The molecule has 0 aliphatic carbocycles. The van der Waals surface area contributed by atoms with Gasteiger partial charge in [0.2, 0.25) is 0 Å². The summed E-state index contributed by atoms with van der Waals surface area (Å²) >= 11 is 0. The zero-order chi connectivity index (χ0) is 16.0. The second-order valence-corrected chi connectivity index (χ2v) is 5.36. The highest BCUT2D eigenvalue weighted by Crippen LogP contribution is 2.20. The van der Waals surface area contributed by atoms with Crippen molar-refractivity contribution in [3.05, 3.63) is 0 Å². The van der Waals surface area contributed by atoms with Crippen LogP contribution in [0.2, 0.25) is 0 Å². The lowest BCUT2D eigenvalue weighted by atomic mass is 10.0. The van der Waals surface area contributed by atoms with Gasteiger partial charge in [-0.05, 0) is 26.2 Å². The zero-order valence-electron chi connectivity index (χ0n) is 12.9. The number of carbonyl (C=O) groups excluding carboxylic acids is 2. The fourth-order valence-corrected chi connectivity index (χ4v) is 2.43. The summed E-state index contributed by atoms with van der Waals surface area (Å²) in [5, 5.41) is 8.91. The lowest BCUT2D eigenvalue weighted by Crippen LogP contribution is -2.53. The number of ether oxygens (including phenoxy) is 1. The number of esters is 1. The summed E-state index contributed by atoms with van der Waals surface area (Å²) in [6.07, 6.45) is 2.30. The fourth-order valence-electron chi connectivity index (χ4n) is 2.43. The Morgan fingerprint density at radius 3 is 2.62 bits per heavy atom. The smallest absolute Gasteiger partial charge is 0.328 e. The lowest BCUT2D eigenvalue weighted by molar-refractivity contribution is -0.150. The molecule has 1 N–H and O–H groups in total. The third-order valence-electron chi connectivity index (χ3n) is 3.60. The molecule has 2 unspecified atom stereocenters. The predicted octanol–water partition coefficient (Wildman–Crippen LogP) is 1.18. The number of carboxylic acid groups (broad SMARTS) is 1. The fraction of sp³-hybridized carbons (Fsp3) is 0.786. The number of amides is 2. The van der Waals surface area contributed by atoms with Crippen LogP contribution in [0.3, 0.4) is 0 Å². The number of aliphatic carboxylic acids is 1. The van der Waals surface area contributed by atoms with Crippen LogP contribution in [0.5, 0.6) is 0 Å². The monoisotopic (exact) mass is 300 g/mol. The molecule has 0 aromatic heterocycles. The molecular weight excluding hydrogens is 276 g/mol. The largest absolute Gasteiger partial charge is 0.481 e. The van der Waals surface area contributed by atoms with Crippen molar-refractivity contribution in [2.24, 2.45) is 5.92 Å². The van der Waals surface area contributed by atoms with Crippen LogP contribution in [0.25, 0.3) is 0 Å². The lowest BCUT2D eigenvalue weighted by Gasteiger charge is -2.36. The SMILES string of the molecule is CCOC(=O)C1CCCCN1C(=O)N(C)CC(C)C(=O)O. The Labute approximate surface area is 124 Å². The Hall–Kier alpha value is -1.79. The van der Waals surface area contributed by atoms with E-state index in [9.17, 15) is 14.4 Å². The second-order valence-electron chi connectivity index (χ2n) is 5.36. The molecule has 1 saturated heterocycles. The van der Waals surface area contributed by atoms with Crippen LogP contribution < -0.4 is 0 Å². The van der Waals surface area contributed by atoms with E-state index in [4.69, 9.17) is 9.84 Å². The molecule has 2 amide bonds. The first kappa shape index (κ1) is 17.3. The van der Waals surface area contributed by atoms with Gasteiger partial charge in [0.1, 0.15) is 6.04 Å². The van der Waals surface area contributed by atoms with E-state index >= 15 is 0 Å². The van der Waals surface area contributed by atoms with Gasteiger partial charge in [-0.15, -0.1) is 0 Å². The first-order valence-corrected chi connectivity index (χ1v) is 7.29. The maximum absolute atomic E-state index is 12.4. The average Bonchev–Trinajstić information content (AvgIpc) is 2.46. The minimum Gasteiger partial charge on any atom is -0.481 e. The molecule has 0 saturated carbocycles. The molecular formula is C14H24N2O5. The highest BCUT2D eigenvalue weighted by molar-refractivity contribution is 5.84. The van der Waals surface area contributed by atoms with Crippen molar-refractivity contribution in [3.8, 4) is 0 Å². The highest BCUT2D eigenvalue weighted by Gasteiger charge is 2.35. The van der Waals surface area contributed by atoms with Crippen molar-refractivity contribution < 1.29 is 24.2 Å². The first-order valence-electron chi connectivity index (χ1n) is 7.29. The molecule has 1 heterocycles. The van der Waals surface area contributed by atoms with Gasteiger partial charge in [-0.3, -0.25) is 4.79 Å². The van der Waals surface area contributed by atoms with Crippen molar-refractivity contribution in [2.75, 3.05) is 26.7 Å². The van der Waals surface area contributed by atoms with Crippen molar-refractivity contribution in [1.29, 1.82) is 0 Å². The maximum Gasteiger partial charge on any atom is 0.328 e. The van der Waals surface area contributed by atoms with E-state index in [0.717, 1.165) is 12.8 Å². The number of piperidine rings is 1. The van der Waals surface area contributed by atoms with Gasteiger partial charge in [0.25, 0.3) is 0 Å². The second kappa shape index (κ2) is 7.85. The topological polar surface area (TPSA) is 87.2 Å². The van der Waals surface area contributed by atoms with Crippen LogP contribution >= 0.6 is 0 Å². The van der Waals surface area contributed by atoms with Crippen molar-refractivity contribution >= 4 is 18.0 Å². The van der Waals surface area contributed by atoms with Crippen LogP contribution in [-0.2, 0) is 14.3 Å².